The molecule has 1 saturated carbocycles. The van der Waals surface area contributed by atoms with Crippen LogP contribution in [0.2, 0.25) is 0 Å². The van der Waals surface area contributed by atoms with Gasteiger partial charge in [0.25, 0.3) is 0 Å². The molecule has 0 atom stereocenters. The SMILES string of the molecule is CCCCc1ccc(N(CCCC(=O)NCC2CCCCC2)S(C)(=O)=O)cc1. The summed E-state index contributed by atoms with van der Waals surface area (Å²) in [5, 5.41) is 3.02. The molecule has 0 heterocycles. The Balaban J connectivity index is 1.82. The summed E-state index contributed by atoms with van der Waals surface area (Å²) in [5.74, 6) is 0.630. The van der Waals surface area contributed by atoms with E-state index in [1.54, 1.807) is 0 Å². The fourth-order valence-electron chi connectivity index (χ4n) is 3.82. The van der Waals surface area contributed by atoms with E-state index in [-0.39, 0.29) is 5.91 Å². The van der Waals surface area contributed by atoms with Crippen molar-refractivity contribution in [2.24, 2.45) is 5.92 Å². The number of sulfonamides is 1. The van der Waals surface area contributed by atoms with E-state index in [1.807, 2.05) is 24.3 Å². The molecular formula is C22H36N2O3S. The van der Waals surface area contributed by atoms with Crippen molar-refractivity contribution in [3.8, 4) is 0 Å². The monoisotopic (exact) mass is 408 g/mol. The molecule has 28 heavy (non-hydrogen) atoms. The number of nitrogens with zero attached hydrogens (tertiary/aromatic N) is 1. The Morgan fingerprint density at radius 3 is 2.39 bits per heavy atom. The minimum absolute atomic E-state index is 0.0222. The smallest absolute Gasteiger partial charge is 0.232 e. The second-order valence-corrected chi connectivity index (χ2v) is 9.92. The minimum atomic E-state index is -3.37. The molecule has 1 aliphatic carbocycles. The molecule has 0 radical (unpaired) electrons. The van der Waals surface area contributed by atoms with Gasteiger partial charge in [0.05, 0.1) is 11.9 Å². The second kappa shape index (κ2) is 11.4. The molecule has 0 saturated heterocycles. The maximum absolute atomic E-state index is 12.2. The molecule has 1 N–H and O–H groups in total. The van der Waals surface area contributed by atoms with Gasteiger partial charge in [0.2, 0.25) is 15.9 Å². The van der Waals surface area contributed by atoms with E-state index in [0.29, 0.717) is 31.0 Å². The molecule has 2 rings (SSSR count). The Morgan fingerprint density at radius 2 is 1.79 bits per heavy atom. The summed E-state index contributed by atoms with van der Waals surface area (Å²) in [6.07, 6.45) is 11.6. The number of hydrogen-bond donors (Lipinski definition) is 1. The van der Waals surface area contributed by atoms with Gasteiger partial charge in [-0.15, -0.1) is 0 Å². The summed E-state index contributed by atoms with van der Waals surface area (Å²) in [5.41, 5.74) is 1.89. The number of hydrogen-bond acceptors (Lipinski definition) is 3. The van der Waals surface area contributed by atoms with Crippen LogP contribution in [-0.4, -0.2) is 33.7 Å². The third-order valence-corrected chi connectivity index (χ3v) is 6.72. The average molecular weight is 409 g/mol. The number of benzene rings is 1. The first-order valence-corrected chi connectivity index (χ1v) is 12.6. The first-order valence-electron chi connectivity index (χ1n) is 10.7. The van der Waals surface area contributed by atoms with Crippen LogP contribution in [0, 0.1) is 5.92 Å². The van der Waals surface area contributed by atoms with E-state index in [2.05, 4.69) is 12.2 Å². The van der Waals surface area contributed by atoms with E-state index in [1.165, 1.54) is 48.2 Å². The summed E-state index contributed by atoms with van der Waals surface area (Å²) in [4.78, 5) is 12.1. The van der Waals surface area contributed by atoms with E-state index in [9.17, 15) is 13.2 Å². The highest BCUT2D eigenvalue weighted by atomic mass is 32.2. The van der Waals surface area contributed by atoms with Crippen LogP contribution < -0.4 is 9.62 Å². The maximum Gasteiger partial charge on any atom is 0.232 e. The van der Waals surface area contributed by atoms with Crippen LogP contribution in [0.25, 0.3) is 0 Å². The van der Waals surface area contributed by atoms with Gasteiger partial charge in [-0.3, -0.25) is 9.10 Å². The van der Waals surface area contributed by atoms with E-state index >= 15 is 0 Å². The molecule has 0 aliphatic heterocycles. The molecule has 1 aliphatic rings. The van der Waals surface area contributed by atoms with Crippen LogP contribution >= 0.6 is 0 Å². The quantitative estimate of drug-likeness (QED) is 0.594. The molecule has 6 heteroatoms. The number of carbonyl (C=O) groups excluding carboxylic acids is 1. The molecule has 1 fully saturated rings. The van der Waals surface area contributed by atoms with Crippen LogP contribution in [0.3, 0.4) is 0 Å². The van der Waals surface area contributed by atoms with Crippen molar-refractivity contribution in [1.82, 2.24) is 5.32 Å². The Bertz CT molecular complexity index is 695. The lowest BCUT2D eigenvalue weighted by atomic mass is 9.89. The molecule has 1 amide bonds. The number of unbranched alkanes of at least 4 members (excludes halogenated alkanes) is 1. The predicted octanol–water partition coefficient (Wildman–Crippen LogP) is 4.27. The number of nitrogens with one attached hydrogen (secondary N) is 1. The highest BCUT2D eigenvalue weighted by Crippen LogP contribution is 2.23. The zero-order valence-corrected chi connectivity index (χ0v) is 18.3. The lowest BCUT2D eigenvalue weighted by Gasteiger charge is -2.23. The van der Waals surface area contributed by atoms with Crippen molar-refractivity contribution in [2.45, 2.75) is 71.1 Å². The molecule has 0 aromatic heterocycles. The Hall–Kier alpha value is -1.56. The van der Waals surface area contributed by atoms with Crippen molar-refractivity contribution < 1.29 is 13.2 Å². The first-order chi connectivity index (χ1) is 13.4. The molecule has 158 valence electrons. The molecule has 1 aromatic carbocycles. The predicted molar refractivity (Wildman–Crippen MR) is 116 cm³/mol. The number of anilines is 1. The van der Waals surface area contributed by atoms with Crippen LogP contribution in [0.1, 0.15) is 70.3 Å². The van der Waals surface area contributed by atoms with Crippen molar-refractivity contribution in [2.75, 3.05) is 23.7 Å². The van der Waals surface area contributed by atoms with Gasteiger partial charge in [-0.1, -0.05) is 44.7 Å². The Morgan fingerprint density at radius 1 is 1.11 bits per heavy atom. The zero-order valence-electron chi connectivity index (χ0n) is 17.5. The maximum atomic E-state index is 12.2. The molecule has 5 nitrogen and oxygen atoms in total. The fraction of sp³-hybridized carbons (Fsp3) is 0.682. The normalized spacial score (nSPS) is 15.4. The first kappa shape index (κ1) is 22.7. The van der Waals surface area contributed by atoms with E-state index < -0.39 is 10.0 Å². The van der Waals surface area contributed by atoms with Gasteiger partial charge in [0, 0.05) is 19.5 Å². The van der Waals surface area contributed by atoms with Crippen molar-refractivity contribution in [3.63, 3.8) is 0 Å². The number of amides is 1. The fourth-order valence-corrected chi connectivity index (χ4v) is 4.78. The minimum Gasteiger partial charge on any atom is -0.356 e. The number of carbonyl (C=O) groups is 1. The summed E-state index contributed by atoms with van der Waals surface area (Å²) in [6.45, 7) is 3.24. The largest absolute Gasteiger partial charge is 0.356 e. The summed E-state index contributed by atoms with van der Waals surface area (Å²) < 4.78 is 25.9. The highest BCUT2D eigenvalue weighted by molar-refractivity contribution is 7.92. The second-order valence-electron chi connectivity index (χ2n) is 8.02. The lowest BCUT2D eigenvalue weighted by Crippen LogP contribution is -2.33. The van der Waals surface area contributed by atoms with Gasteiger partial charge in [-0.2, -0.15) is 0 Å². The molecule has 0 unspecified atom stereocenters. The molecular weight excluding hydrogens is 372 g/mol. The third-order valence-electron chi connectivity index (χ3n) is 5.52. The summed E-state index contributed by atoms with van der Waals surface area (Å²) >= 11 is 0. The van der Waals surface area contributed by atoms with Gasteiger partial charge in [0.1, 0.15) is 0 Å². The van der Waals surface area contributed by atoms with Crippen LogP contribution in [0.5, 0.6) is 0 Å². The van der Waals surface area contributed by atoms with Crippen LogP contribution in [0.15, 0.2) is 24.3 Å². The summed E-state index contributed by atoms with van der Waals surface area (Å²) in [7, 11) is -3.37. The standard InChI is InChI=1S/C22H36N2O3S/c1-3-4-9-19-13-15-21(16-14-19)24(28(2,26)27)17-8-12-22(25)23-18-20-10-6-5-7-11-20/h13-16,20H,3-12,17-18H2,1-2H3,(H,23,25). The van der Waals surface area contributed by atoms with Gasteiger partial charge in [-0.05, 0) is 55.7 Å². The van der Waals surface area contributed by atoms with E-state index in [4.69, 9.17) is 0 Å². The van der Waals surface area contributed by atoms with E-state index in [0.717, 1.165) is 25.8 Å². The van der Waals surface area contributed by atoms with Gasteiger partial charge in [0.15, 0.2) is 0 Å². The number of rotatable bonds is 11. The van der Waals surface area contributed by atoms with Crippen LogP contribution in [-0.2, 0) is 21.2 Å². The Kier molecular flexibility index (Phi) is 9.29. The molecule has 0 spiro atoms. The van der Waals surface area contributed by atoms with Gasteiger partial charge >= 0.3 is 0 Å². The lowest BCUT2D eigenvalue weighted by molar-refractivity contribution is -0.121. The zero-order chi connectivity index (χ0) is 20.4. The highest BCUT2D eigenvalue weighted by Gasteiger charge is 2.18. The third kappa shape index (κ3) is 7.82. The van der Waals surface area contributed by atoms with Crippen molar-refractivity contribution in [1.29, 1.82) is 0 Å². The molecule has 0 bridgehead atoms. The van der Waals surface area contributed by atoms with Crippen molar-refractivity contribution >= 4 is 21.6 Å². The summed E-state index contributed by atoms with van der Waals surface area (Å²) in [6, 6.07) is 7.74. The topological polar surface area (TPSA) is 66.5 Å². The van der Waals surface area contributed by atoms with Gasteiger partial charge in [-0.25, -0.2) is 8.42 Å². The van der Waals surface area contributed by atoms with Crippen LogP contribution in [0.4, 0.5) is 5.69 Å². The molecule has 1 aromatic rings. The van der Waals surface area contributed by atoms with Gasteiger partial charge < -0.3 is 5.32 Å². The van der Waals surface area contributed by atoms with Crippen molar-refractivity contribution in [3.05, 3.63) is 29.8 Å². The average Bonchev–Trinajstić information content (AvgIpc) is 2.68. The number of aryl methyl sites for hydroxylation is 1. The Labute approximate surface area is 170 Å².